The van der Waals surface area contributed by atoms with Gasteiger partial charge in [-0.15, -0.1) is 0 Å². The number of nitrogens with zero attached hydrogens (tertiary/aromatic N) is 3. The van der Waals surface area contributed by atoms with E-state index >= 15 is 0 Å². The van der Waals surface area contributed by atoms with Gasteiger partial charge in [0.25, 0.3) is 5.91 Å². The third-order valence-corrected chi connectivity index (χ3v) is 4.11. The van der Waals surface area contributed by atoms with Crippen molar-refractivity contribution in [3.8, 4) is 0 Å². The number of fused-ring (bicyclic) bond motifs is 1. The standard InChI is InChI=1S/C14H20N4O/c1-17(2)14(19)10-3-4-13(16-7-10)18-8-11-5-15-6-12(11)9-18/h3-4,7,11-12,15H,5-6,8-9H2,1-2H3. The predicted molar refractivity (Wildman–Crippen MR) is 74.3 cm³/mol. The lowest BCUT2D eigenvalue weighted by Crippen LogP contribution is -2.26. The second-order valence-electron chi connectivity index (χ2n) is 5.69. The van der Waals surface area contributed by atoms with Gasteiger partial charge in [0, 0.05) is 46.5 Å². The zero-order valence-electron chi connectivity index (χ0n) is 11.5. The minimum atomic E-state index is 0.00143. The van der Waals surface area contributed by atoms with Crippen LogP contribution >= 0.6 is 0 Å². The van der Waals surface area contributed by atoms with Gasteiger partial charge in [0.1, 0.15) is 5.82 Å². The molecular formula is C14H20N4O. The number of hydrogen-bond acceptors (Lipinski definition) is 4. The van der Waals surface area contributed by atoms with Gasteiger partial charge in [0.2, 0.25) is 0 Å². The molecule has 3 rings (SSSR count). The Balaban J connectivity index is 1.71. The maximum Gasteiger partial charge on any atom is 0.254 e. The van der Waals surface area contributed by atoms with Crippen molar-refractivity contribution < 1.29 is 4.79 Å². The number of carbonyl (C=O) groups is 1. The highest BCUT2D eigenvalue weighted by Crippen LogP contribution is 2.29. The van der Waals surface area contributed by atoms with Gasteiger partial charge in [-0.2, -0.15) is 0 Å². The minimum absolute atomic E-state index is 0.00143. The molecule has 1 aromatic heterocycles. The molecule has 19 heavy (non-hydrogen) atoms. The minimum Gasteiger partial charge on any atom is -0.356 e. The average Bonchev–Trinajstić information content (AvgIpc) is 2.98. The summed E-state index contributed by atoms with van der Waals surface area (Å²) in [6.45, 7) is 4.40. The van der Waals surface area contributed by atoms with E-state index in [1.54, 1.807) is 25.2 Å². The van der Waals surface area contributed by atoms with Gasteiger partial charge in [-0.05, 0) is 24.0 Å². The highest BCUT2D eigenvalue weighted by atomic mass is 16.2. The normalized spacial score (nSPS) is 25.5. The SMILES string of the molecule is CN(C)C(=O)c1ccc(N2CC3CNCC3C2)nc1. The van der Waals surface area contributed by atoms with Gasteiger partial charge >= 0.3 is 0 Å². The summed E-state index contributed by atoms with van der Waals surface area (Å²) in [6, 6.07) is 3.84. The second kappa shape index (κ2) is 4.81. The number of amides is 1. The third kappa shape index (κ3) is 2.30. The smallest absolute Gasteiger partial charge is 0.254 e. The van der Waals surface area contributed by atoms with E-state index in [-0.39, 0.29) is 5.91 Å². The van der Waals surface area contributed by atoms with E-state index < -0.39 is 0 Å². The van der Waals surface area contributed by atoms with E-state index in [1.165, 1.54) is 0 Å². The summed E-state index contributed by atoms with van der Waals surface area (Å²) in [5.74, 6) is 2.50. The van der Waals surface area contributed by atoms with E-state index in [9.17, 15) is 4.79 Å². The quantitative estimate of drug-likeness (QED) is 0.838. The van der Waals surface area contributed by atoms with Crippen LogP contribution in [0, 0.1) is 11.8 Å². The fraction of sp³-hybridized carbons (Fsp3) is 0.571. The molecule has 0 aromatic carbocycles. The molecule has 2 atom stereocenters. The number of nitrogens with one attached hydrogen (secondary N) is 1. The van der Waals surface area contributed by atoms with Crippen LogP contribution in [0.15, 0.2) is 18.3 Å². The van der Waals surface area contributed by atoms with Crippen molar-refractivity contribution in [3.05, 3.63) is 23.9 Å². The van der Waals surface area contributed by atoms with Crippen molar-refractivity contribution in [2.45, 2.75) is 0 Å². The Labute approximate surface area is 113 Å². The summed E-state index contributed by atoms with van der Waals surface area (Å²) in [5.41, 5.74) is 0.648. The van der Waals surface area contributed by atoms with E-state index in [2.05, 4.69) is 15.2 Å². The molecule has 0 aliphatic carbocycles. The Morgan fingerprint density at radius 3 is 2.53 bits per heavy atom. The van der Waals surface area contributed by atoms with Crippen molar-refractivity contribution in [3.63, 3.8) is 0 Å². The lowest BCUT2D eigenvalue weighted by molar-refractivity contribution is 0.0827. The summed E-state index contributed by atoms with van der Waals surface area (Å²) >= 11 is 0. The number of carbonyl (C=O) groups excluding carboxylic acids is 1. The van der Waals surface area contributed by atoms with Gasteiger partial charge in [-0.1, -0.05) is 0 Å². The Bertz CT molecular complexity index is 459. The van der Waals surface area contributed by atoms with Gasteiger partial charge < -0.3 is 15.1 Å². The molecular weight excluding hydrogens is 240 g/mol. The molecule has 2 saturated heterocycles. The van der Waals surface area contributed by atoms with E-state index in [0.29, 0.717) is 5.56 Å². The first-order valence-corrected chi connectivity index (χ1v) is 6.78. The molecule has 5 heteroatoms. The second-order valence-corrected chi connectivity index (χ2v) is 5.69. The molecule has 2 aliphatic rings. The van der Waals surface area contributed by atoms with E-state index in [4.69, 9.17) is 0 Å². The van der Waals surface area contributed by atoms with Gasteiger partial charge in [-0.3, -0.25) is 4.79 Å². The average molecular weight is 260 g/mol. The molecule has 2 aliphatic heterocycles. The lowest BCUT2D eigenvalue weighted by atomic mass is 10.0. The molecule has 3 heterocycles. The molecule has 2 fully saturated rings. The van der Waals surface area contributed by atoms with Crippen molar-refractivity contribution in [2.75, 3.05) is 45.2 Å². The molecule has 5 nitrogen and oxygen atoms in total. The molecule has 0 bridgehead atoms. The summed E-state index contributed by atoms with van der Waals surface area (Å²) < 4.78 is 0. The molecule has 102 valence electrons. The Morgan fingerprint density at radius 2 is 2.00 bits per heavy atom. The first-order chi connectivity index (χ1) is 9.15. The topological polar surface area (TPSA) is 48.5 Å². The summed E-state index contributed by atoms with van der Waals surface area (Å²) in [5, 5.41) is 3.44. The fourth-order valence-electron chi connectivity index (χ4n) is 3.00. The van der Waals surface area contributed by atoms with Crippen molar-refractivity contribution in [2.24, 2.45) is 11.8 Å². The molecule has 1 amide bonds. The third-order valence-electron chi connectivity index (χ3n) is 4.11. The molecule has 1 N–H and O–H groups in total. The first-order valence-electron chi connectivity index (χ1n) is 6.78. The van der Waals surface area contributed by atoms with Crippen molar-refractivity contribution >= 4 is 11.7 Å². The Kier molecular flexibility index (Phi) is 3.14. The number of pyridine rings is 1. The van der Waals surface area contributed by atoms with E-state index in [1.807, 2.05) is 12.1 Å². The number of hydrogen-bond donors (Lipinski definition) is 1. The van der Waals surface area contributed by atoms with Crippen LogP contribution in [-0.2, 0) is 0 Å². The van der Waals surface area contributed by atoms with Crippen LogP contribution in [-0.4, -0.2) is 56.1 Å². The van der Waals surface area contributed by atoms with Gasteiger partial charge in [-0.25, -0.2) is 4.98 Å². The highest BCUT2D eigenvalue weighted by molar-refractivity contribution is 5.93. The molecule has 0 saturated carbocycles. The van der Waals surface area contributed by atoms with Crippen LogP contribution in [0.25, 0.3) is 0 Å². The van der Waals surface area contributed by atoms with Crippen LogP contribution in [0.2, 0.25) is 0 Å². The summed E-state index contributed by atoms with van der Waals surface area (Å²) in [7, 11) is 3.51. The molecule has 2 unspecified atom stereocenters. The largest absolute Gasteiger partial charge is 0.356 e. The van der Waals surface area contributed by atoms with Gasteiger partial charge in [0.05, 0.1) is 5.56 Å². The number of anilines is 1. The van der Waals surface area contributed by atoms with Crippen LogP contribution in [0.4, 0.5) is 5.82 Å². The molecule has 1 aromatic rings. The highest BCUT2D eigenvalue weighted by Gasteiger charge is 2.36. The van der Waals surface area contributed by atoms with Crippen molar-refractivity contribution in [1.29, 1.82) is 0 Å². The molecule has 0 radical (unpaired) electrons. The van der Waals surface area contributed by atoms with E-state index in [0.717, 1.165) is 43.8 Å². The monoisotopic (exact) mass is 260 g/mol. The first kappa shape index (κ1) is 12.4. The molecule has 0 spiro atoms. The lowest BCUT2D eigenvalue weighted by Gasteiger charge is -2.19. The van der Waals surface area contributed by atoms with Crippen LogP contribution in [0.1, 0.15) is 10.4 Å². The predicted octanol–water partition coefficient (Wildman–Crippen LogP) is 0.439. The van der Waals surface area contributed by atoms with Crippen LogP contribution in [0.3, 0.4) is 0 Å². The Hall–Kier alpha value is -1.62. The number of aromatic nitrogens is 1. The zero-order valence-corrected chi connectivity index (χ0v) is 11.5. The van der Waals surface area contributed by atoms with Crippen molar-refractivity contribution in [1.82, 2.24) is 15.2 Å². The van der Waals surface area contributed by atoms with Gasteiger partial charge in [0.15, 0.2) is 0 Å². The van der Waals surface area contributed by atoms with Crippen LogP contribution in [0.5, 0.6) is 0 Å². The maximum atomic E-state index is 11.8. The fourth-order valence-corrected chi connectivity index (χ4v) is 3.00. The summed E-state index contributed by atoms with van der Waals surface area (Å²) in [4.78, 5) is 20.2. The zero-order chi connectivity index (χ0) is 13.4. The Morgan fingerprint density at radius 1 is 1.32 bits per heavy atom. The number of rotatable bonds is 2. The maximum absolute atomic E-state index is 11.8. The van der Waals surface area contributed by atoms with Crippen LogP contribution < -0.4 is 10.2 Å². The summed E-state index contributed by atoms with van der Waals surface area (Å²) in [6.07, 6.45) is 1.68.